The van der Waals surface area contributed by atoms with E-state index in [-0.39, 0.29) is 11.7 Å². The Morgan fingerprint density at radius 1 is 1.63 bits per heavy atom. The molecule has 0 aliphatic rings. The first-order valence-corrected chi connectivity index (χ1v) is 5.99. The maximum atomic E-state index is 10.9. The Morgan fingerprint density at radius 2 is 2.32 bits per heavy atom. The summed E-state index contributed by atoms with van der Waals surface area (Å²) in [5.41, 5.74) is -0.0167. The van der Waals surface area contributed by atoms with Gasteiger partial charge < -0.3 is 10.2 Å². The van der Waals surface area contributed by atoms with E-state index in [9.17, 15) is 10.1 Å². The standard InChI is InChI=1S/C12H17N5O2/c1-4-14-11-7-10(17(18)19)8-12(15-11)16(3)9(2)5-6-13/h7-9H,4-5H2,1-3H3,(H,14,15). The first-order chi connectivity index (χ1) is 8.99. The van der Waals surface area contributed by atoms with Crippen LogP contribution < -0.4 is 10.2 Å². The van der Waals surface area contributed by atoms with Crippen LogP contribution in [0, 0.1) is 21.4 Å². The lowest BCUT2D eigenvalue weighted by molar-refractivity contribution is -0.384. The lowest BCUT2D eigenvalue weighted by Crippen LogP contribution is -2.29. The minimum absolute atomic E-state index is 0.0167. The van der Waals surface area contributed by atoms with E-state index in [0.717, 1.165) is 0 Å². The van der Waals surface area contributed by atoms with Gasteiger partial charge in [-0.05, 0) is 13.8 Å². The van der Waals surface area contributed by atoms with Crippen molar-refractivity contribution in [3.8, 4) is 6.07 Å². The molecule has 1 N–H and O–H groups in total. The van der Waals surface area contributed by atoms with Crippen molar-refractivity contribution in [1.82, 2.24) is 4.98 Å². The van der Waals surface area contributed by atoms with Crippen LogP contribution in [0.5, 0.6) is 0 Å². The summed E-state index contributed by atoms with van der Waals surface area (Å²) >= 11 is 0. The molecule has 7 nitrogen and oxygen atoms in total. The highest BCUT2D eigenvalue weighted by Gasteiger charge is 2.16. The van der Waals surface area contributed by atoms with Crippen molar-refractivity contribution in [2.45, 2.75) is 26.3 Å². The maximum Gasteiger partial charge on any atom is 0.276 e. The molecule has 0 amide bonds. The Hall–Kier alpha value is -2.36. The lowest BCUT2D eigenvalue weighted by atomic mass is 10.2. The van der Waals surface area contributed by atoms with E-state index in [1.807, 2.05) is 13.8 Å². The Morgan fingerprint density at radius 3 is 2.84 bits per heavy atom. The molecule has 0 saturated heterocycles. The summed E-state index contributed by atoms with van der Waals surface area (Å²) in [6, 6.07) is 4.83. The first-order valence-electron chi connectivity index (χ1n) is 5.99. The lowest BCUT2D eigenvalue weighted by Gasteiger charge is -2.24. The van der Waals surface area contributed by atoms with E-state index in [1.54, 1.807) is 11.9 Å². The third-order valence-electron chi connectivity index (χ3n) is 2.77. The fourth-order valence-electron chi connectivity index (χ4n) is 1.55. The molecule has 0 saturated carbocycles. The molecule has 0 aliphatic carbocycles. The number of rotatable bonds is 6. The summed E-state index contributed by atoms with van der Waals surface area (Å²) in [6.07, 6.45) is 0.331. The van der Waals surface area contributed by atoms with Gasteiger partial charge in [-0.25, -0.2) is 4.98 Å². The molecule has 0 fully saturated rings. The van der Waals surface area contributed by atoms with Crippen molar-refractivity contribution in [2.75, 3.05) is 23.8 Å². The third kappa shape index (κ3) is 3.81. The Bertz CT molecular complexity index is 497. The molecule has 1 aromatic heterocycles. The topological polar surface area (TPSA) is 95.1 Å². The van der Waals surface area contributed by atoms with E-state index in [1.165, 1.54) is 12.1 Å². The minimum Gasteiger partial charge on any atom is -0.370 e. The van der Waals surface area contributed by atoms with Gasteiger partial charge in [0, 0.05) is 19.6 Å². The largest absolute Gasteiger partial charge is 0.370 e. The summed E-state index contributed by atoms with van der Waals surface area (Å²) in [5, 5.41) is 22.6. The second kappa shape index (κ2) is 6.54. The zero-order valence-corrected chi connectivity index (χ0v) is 11.3. The summed E-state index contributed by atoms with van der Waals surface area (Å²) in [7, 11) is 1.77. The zero-order valence-electron chi connectivity index (χ0n) is 11.3. The Labute approximate surface area is 112 Å². The average Bonchev–Trinajstić information content (AvgIpc) is 2.38. The van der Waals surface area contributed by atoms with Crippen molar-refractivity contribution in [3.05, 3.63) is 22.2 Å². The molecule has 0 radical (unpaired) electrons. The van der Waals surface area contributed by atoms with Crippen LogP contribution in [0.1, 0.15) is 20.3 Å². The van der Waals surface area contributed by atoms with Crippen LogP contribution in [0.2, 0.25) is 0 Å². The molecular formula is C12H17N5O2. The quantitative estimate of drug-likeness (QED) is 0.624. The van der Waals surface area contributed by atoms with Crippen LogP contribution in [-0.2, 0) is 0 Å². The van der Waals surface area contributed by atoms with Gasteiger partial charge in [0.1, 0.15) is 11.6 Å². The molecule has 1 unspecified atom stereocenters. The molecule has 0 spiro atoms. The number of hydrogen-bond donors (Lipinski definition) is 1. The second-order valence-corrected chi connectivity index (χ2v) is 4.18. The fourth-order valence-corrected chi connectivity index (χ4v) is 1.55. The highest BCUT2D eigenvalue weighted by atomic mass is 16.6. The molecule has 19 heavy (non-hydrogen) atoms. The van der Waals surface area contributed by atoms with Gasteiger partial charge in [0.05, 0.1) is 29.5 Å². The fraction of sp³-hybridized carbons (Fsp3) is 0.500. The van der Waals surface area contributed by atoms with Crippen LogP contribution in [-0.4, -0.2) is 29.5 Å². The van der Waals surface area contributed by atoms with Gasteiger partial charge in [-0.3, -0.25) is 10.1 Å². The first kappa shape index (κ1) is 14.7. The Kier molecular flexibility index (Phi) is 5.06. The van der Waals surface area contributed by atoms with Crippen molar-refractivity contribution in [3.63, 3.8) is 0 Å². The van der Waals surface area contributed by atoms with Gasteiger partial charge in [0.15, 0.2) is 0 Å². The number of aromatic nitrogens is 1. The van der Waals surface area contributed by atoms with E-state index < -0.39 is 4.92 Å². The zero-order chi connectivity index (χ0) is 14.4. The number of hydrogen-bond acceptors (Lipinski definition) is 6. The van der Waals surface area contributed by atoms with E-state index in [4.69, 9.17) is 5.26 Å². The summed E-state index contributed by atoms with van der Waals surface area (Å²) in [4.78, 5) is 16.5. The molecule has 7 heteroatoms. The van der Waals surface area contributed by atoms with E-state index >= 15 is 0 Å². The molecule has 1 rings (SSSR count). The van der Waals surface area contributed by atoms with Crippen molar-refractivity contribution in [1.29, 1.82) is 5.26 Å². The van der Waals surface area contributed by atoms with Crippen molar-refractivity contribution < 1.29 is 4.92 Å². The van der Waals surface area contributed by atoms with Gasteiger partial charge in [-0.1, -0.05) is 0 Å². The maximum absolute atomic E-state index is 10.9. The second-order valence-electron chi connectivity index (χ2n) is 4.18. The molecule has 1 atom stereocenters. The van der Waals surface area contributed by atoms with Gasteiger partial charge in [0.2, 0.25) is 0 Å². The average molecular weight is 263 g/mol. The van der Waals surface area contributed by atoms with Crippen LogP contribution in [0.3, 0.4) is 0 Å². The summed E-state index contributed by atoms with van der Waals surface area (Å²) < 4.78 is 0. The third-order valence-corrected chi connectivity index (χ3v) is 2.77. The SMILES string of the molecule is CCNc1cc([N+](=O)[O-])cc(N(C)C(C)CC#N)n1. The summed E-state index contributed by atoms with van der Waals surface area (Å²) in [6.45, 7) is 4.39. The molecule has 1 aromatic rings. The molecule has 1 heterocycles. The molecule has 0 aliphatic heterocycles. The van der Waals surface area contributed by atoms with Gasteiger partial charge in [-0.2, -0.15) is 5.26 Å². The van der Waals surface area contributed by atoms with E-state index in [2.05, 4.69) is 16.4 Å². The number of anilines is 2. The smallest absolute Gasteiger partial charge is 0.276 e. The normalized spacial score (nSPS) is 11.5. The van der Waals surface area contributed by atoms with Gasteiger partial charge in [-0.15, -0.1) is 0 Å². The highest BCUT2D eigenvalue weighted by Crippen LogP contribution is 2.24. The predicted octanol–water partition coefficient (Wildman–Crippen LogP) is 2.16. The molecular weight excluding hydrogens is 246 g/mol. The van der Waals surface area contributed by atoms with Crippen LogP contribution in [0.15, 0.2) is 12.1 Å². The minimum atomic E-state index is -0.450. The molecule has 0 bridgehead atoms. The van der Waals surface area contributed by atoms with Crippen LogP contribution >= 0.6 is 0 Å². The van der Waals surface area contributed by atoms with Crippen molar-refractivity contribution in [2.24, 2.45) is 0 Å². The number of nitro groups is 1. The molecule has 0 aromatic carbocycles. The number of nitriles is 1. The van der Waals surface area contributed by atoms with E-state index in [0.29, 0.717) is 24.6 Å². The number of pyridine rings is 1. The Balaban J connectivity index is 3.12. The summed E-state index contributed by atoms with van der Waals surface area (Å²) in [5.74, 6) is 0.940. The number of nitrogens with one attached hydrogen (secondary N) is 1. The van der Waals surface area contributed by atoms with Gasteiger partial charge >= 0.3 is 0 Å². The van der Waals surface area contributed by atoms with Crippen LogP contribution in [0.4, 0.5) is 17.3 Å². The van der Waals surface area contributed by atoms with Crippen molar-refractivity contribution >= 4 is 17.3 Å². The van der Waals surface area contributed by atoms with Gasteiger partial charge in [0.25, 0.3) is 5.69 Å². The number of nitrogens with zero attached hydrogens (tertiary/aromatic N) is 4. The molecule has 102 valence electrons. The monoisotopic (exact) mass is 263 g/mol. The van der Waals surface area contributed by atoms with Crippen LogP contribution in [0.25, 0.3) is 0 Å². The highest BCUT2D eigenvalue weighted by molar-refractivity contribution is 5.56. The predicted molar refractivity (Wildman–Crippen MR) is 73.2 cm³/mol.